The third-order valence-corrected chi connectivity index (χ3v) is 5.41. The van der Waals surface area contributed by atoms with Gasteiger partial charge in [-0.25, -0.2) is 4.79 Å². The Kier molecular flexibility index (Phi) is 21.0. The summed E-state index contributed by atoms with van der Waals surface area (Å²) in [7, 11) is 0. The van der Waals surface area contributed by atoms with E-state index >= 15 is 0 Å². The number of nitrogens with zero attached hydrogens (tertiary/aromatic N) is 1. The van der Waals surface area contributed by atoms with Gasteiger partial charge in [-0.15, -0.1) is 0 Å². The SMILES string of the molecule is CCCCCCCCCNC(=O)N(CCCCCCC)CCCCCCC. The van der Waals surface area contributed by atoms with Crippen LogP contribution in [0.1, 0.15) is 130 Å². The van der Waals surface area contributed by atoms with Crippen LogP contribution in [0.3, 0.4) is 0 Å². The Morgan fingerprint density at radius 1 is 0.556 bits per heavy atom. The highest BCUT2D eigenvalue weighted by Crippen LogP contribution is 2.09. The molecule has 27 heavy (non-hydrogen) atoms. The topological polar surface area (TPSA) is 32.3 Å². The molecule has 2 amide bonds. The molecule has 0 unspecified atom stereocenters. The number of hydrogen-bond donors (Lipinski definition) is 1. The lowest BCUT2D eigenvalue weighted by Gasteiger charge is -2.23. The lowest BCUT2D eigenvalue weighted by molar-refractivity contribution is 0.195. The van der Waals surface area contributed by atoms with Gasteiger partial charge in [-0.2, -0.15) is 0 Å². The normalized spacial score (nSPS) is 10.9. The van der Waals surface area contributed by atoms with Crippen molar-refractivity contribution in [3.05, 3.63) is 0 Å². The maximum absolute atomic E-state index is 12.6. The Morgan fingerprint density at radius 3 is 1.37 bits per heavy atom. The van der Waals surface area contributed by atoms with E-state index in [9.17, 15) is 4.79 Å². The number of urea groups is 1. The lowest BCUT2D eigenvalue weighted by Crippen LogP contribution is -2.41. The first-order valence-electron chi connectivity index (χ1n) is 12.3. The third-order valence-electron chi connectivity index (χ3n) is 5.41. The van der Waals surface area contributed by atoms with E-state index in [-0.39, 0.29) is 6.03 Å². The molecule has 0 aliphatic heterocycles. The number of rotatable bonds is 20. The summed E-state index contributed by atoms with van der Waals surface area (Å²) in [6.07, 6.45) is 21.7. The maximum Gasteiger partial charge on any atom is 0.317 e. The van der Waals surface area contributed by atoms with Gasteiger partial charge in [0.05, 0.1) is 0 Å². The zero-order chi connectivity index (χ0) is 20.0. The van der Waals surface area contributed by atoms with Crippen LogP contribution in [0.5, 0.6) is 0 Å². The summed E-state index contributed by atoms with van der Waals surface area (Å²) in [5.74, 6) is 0. The van der Waals surface area contributed by atoms with Gasteiger partial charge in [-0.3, -0.25) is 0 Å². The number of carbonyl (C=O) groups is 1. The quantitative estimate of drug-likeness (QED) is 0.215. The molecule has 3 heteroatoms. The predicted molar refractivity (Wildman–Crippen MR) is 120 cm³/mol. The second-order valence-electron chi connectivity index (χ2n) is 8.17. The molecule has 3 nitrogen and oxygen atoms in total. The zero-order valence-electron chi connectivity index (χ0n) is 19.0. The molecule has 0 aromatic carbocycles. The van der Waals surface area contributed by atoms with E-state index in [0.29, 0.717) is 0 Å². The van der Waals surface area contributed by atoms with E-state index in [1.807, 2.05) is 0 Å². The molecule has 0 aromatic heterocycles. The Morgan fingerprint density at radius 2 is 0.926 bits per heavy atom. The van der Waals surface area contributed by atoms with Crippen LogP contribution in [0.25, 0.3) is 0 Å². The lowest BCUT2D eigenvalue weighted by atomic mass is 10.1. The predicted octanol–water partition coefficient (Wildman–Crippen LogP) is 7.69. The molecule has 0 radical (unpaired) electrons. The van der Waals surface area contributed by atoms with Crippen LogP contribution in [-0.4, -0.2) is 30.6 Å². The molecule has 0 fully saturated rings. The van der Waals surface area contributed by atoms with Crippen molar-refractivity contribution in [1.82, 2.24) is 10.2 Å². The van der Waals surface area contributed by atoms with E-state index in [1.54, 1.807) is 0 Å². The average molecular weight is 383 g/mol. The number of amides is 2. The molecule has 0 aromatic rings. The summed E-state index contributed by atoms with van der Waals surface area (Å²) < 4.78 is 0. The van der Waals surface area contributed by atoms with Gasteiger partial charge in [0.25, 0.3) is 0 Å². The van der Waals surface area contributed by atoms with E-state index in [2.05, 4.69) is 31.0 Å². The molecule has 0 aliphatic carbocycles. The van der Waals surface area contributed by atoms with E-state index in [1.165, 1.54) is 89.9 Å². The minimum atomic E-state index is 0.173. The van der Waals surface area contributed by atoms with Crippen molar-refractivity contribution in [3.8, 4) is 0 Å². The number of unbranched alkanes of at least 4 members (excludes halogenated alkanes) is 14. The largest absolute Gasteiger partial charge is 0.338 e. The molecule has 0 spiro atoms. The Bertz CT molecular complexity index is 293. The van der Waals surface area contributed by atoms with Gasteiger partial charge < -0.3 is 10.2 Å². The highest BCUT2D eigenvalue weighted by atomic mass is 16.2. The Balaban J connectivity index is 3.95. The number of hydrogen-bond acceptors (Lipinski definition) is 1. The minimum absolute atomic E-state index is 0.173. The van der Waals surface area contributed by atoms with Gasteiger partial charge in [0.15, 0.2) is 0 Å². The van der Waals surface area contributed by atoms with Crippen LogP contribution in [0.2, 0.25) is 0 Å². The van der Waals surface area contributed by atoms with E-state index < -0.39 is 0 Å². The van der Waals surface area contributed by atoms with Crippen molar-refractivity contribution < 1.29 is 4.79 Å². The highest BCUT2D eigenvalue weighted by Gasteiger charge is 2.12. The molecule has 0 rings (SSSR count). The van der Waals surface area contributed by atoms with Gasteiger partial charge in [0, 0.05) is 19.6 Å². The highest BCUT2D eigenvalue weighted by molar-refractivity contribution is 5.74. The smallest absolute Gasteiger partial charge is 0.317 e. The Hall–Kier alpha value is -0.730. The molecule has 0 heterocycles. The fourth-order valence-electron chi connectivity index (χ4n) is 3.52. The molecule has 1 N–H and O–H groups in total. The molecular formula is C24H50N2O. The van der Waals surface area contributed by atoms with Crippen LogP contribution in [-0.2, 0) is 0 Å². The van der Waals surface area contributed by atoms with Crippen LogP contribution in [0.15, 0.2) is 0 Å². The minimum Gasteiger partial charge on any atom is -0.338 e. The molecular weight excluding hydrogens is 332 g/mol. The molecule has 0 aliphatic rings. The first-order chi connectivity index (χ1) is 13.3. The van der Waals surface area contributed by atoms with Crippen molar-refractivity contribution in [2.75, 3.05) is 19.6 Å². The van der Waals surface area contributed by atoms with Crippen molar-refractivity contribution in [1.29, 1.82) is 0 Å². The van der Waals surface area contributed by atoms with Crippen molar-refractivity contribution in [2.24, 2.45) is 0 Å². The summed E-state index contributed by atoms with van der Waals surface area (Å²) in [5, 5.41) is 3.18. The molecule has 0 bridgehead atoms. The van der Waals surface area contributed by atoms with Gasteiger partial charge >= 0.3 is 6.03 Å². The third kappa shape index (κ3) is 18.4. The average Bonchev–Trinajstić information content (AvgIpc) is 2.68. The van der Waals surface area contributed by atoms with Gasteiger partial charge in [0.1, 0.15) is 0 Å². The van der Waals surface area contributed by atoms with Crippen LogP contribution >= 0.6 is 0 Å². The van der Waals surface area contributed by atoms with Crippen molar-refractivity contribution in [2.45, 2.75) is 130 Å². The van der Waals surface area contributed by atoms with Crippen molar-refractivity contribution >= 4 is 6.03 Å². The van der Waals surface area contributed by atoms with Crippen LogP contribution in [0.4, 0.5) is 4.79 Å². The molecule has 0 saturated carbocycles. The summed E-state index contributed by atoms with van der Waals surface area (Å²) in [5.41, 5.74) is 0. The number of carbonyl (C=O) groups excluding carboxylic acids is 1. The second kappa shape index (κ2) is 21.6. The maximum atomic E-state index is 12.6. The fourth-order valence-corrected chi connectivity index (χ4v) is 3.52. The van der Waals surface area contributed by atoms with Crippen LogP contribution < -0.4 is 5.32 Å². The van der Waals surface area contributed by atoms with Gasteiger partial charge in [-0.05, 0) is 19.3 Å². The number of nitrogens with one attached hydrogen (secondary N) is 1. The molecule has 162 valence electrons. The summed E-state index contributed by atoms with van der Waals surface area (Å²) in [4.78, 5) is 14.7. The standard InChI is InChI=1S/C24H50N2O/c1-4-7-10-13-14-15-18-21-25-24(27)26(22-19-16-11-8-5-2)23-20-17-12-9-6-3/h4-23H2,1-3H3,(H,25,27). The van der Waals surface area contributed by atoms with Gasteiger partial charge in [-0.1, -0.05) is 111 Å². The van der Waals surface area contributed by atoms with E-state index in [0.717, 1.165) is 38.9 Å². The molecule has 0 atom stereocenters. The van der Waals surface area contributed by atoms with Crippen molar-refractivity contribution in [3.63, 3.8) is 0 Å². The van der Waals surface area contributed by atoms with Gasteiger partial charge in [0.2, 0.25) is 0 Å². The zero-order valence-corrected chi connectivity index (χ0v) is 19.0. The summed E-state index contributed by atoms with van der Waals surface area (Å²) in [6.45, 7) is 9.46. The van der Waals surface area contributed by atoms with E-state index in [4.69, 9.17) is 0 Å². The fraction of sp³-hybridized carbons (Fsp3) is 0.958. The summed E-state index contributed by atoms with van der Waals surface area (Å²) >= 11 is 0. The monoisotopic (exact) mass is 382 g/mol. The molecule has 0 saturated heterocycles. The summed E-state index contributed by atoms with van der Waals surface area (Å²) in [6, 6.07) is 0.173. The first-order valence-corrected chi connectivity index (χ1v) is 12.3. The van der Waals surface area contributed by atoms with Crippen LogP contribution in [0, 0.1) is 0 Å². The first kappa shape index (κ1) is 26.3. The second-order valence-corrected chi connectivity index (χ2v) is 8.17. The Labute approximate surface area is 171 Å².